The van der Waals surface area contributed by atoms with Gasteiger partial charge in [0, 0.05) is 11.6 Å². The lowest BCUT2D eigenvalue weighted by atomic mass is 9.78. The number of methoxy groups -OCH3 is 1. The van der Waals surface area contributed by atoms with E-state index in [9.17, 15) is 0 Å². The lowest BCUT2D eigenvalue weighted by Gasteiger charge is -2.27. The van der Waals surface area contributed by atoms with Crippen molar-refractivity contribution in [2.45, 2.75) is 31.6 Å². The Balaban J connectivity index is 1.84. The minimum atomic E-state index is 0.743. The Morgan fingerprint density at radius 1 is 1.17 bits per heavy atom. The average Bonchev–Trinajstić information content (AvgIpc) is 2.41. The minimum absolute atomic E-state index is 0.743. The molecule has 1 aromatic carbocycles. The van der Waals surface area contributed by atoms with Gasteiger partial charge in [0.05, 0.1) is 6.61 Å². The van der Waals surface area contributed by atoms with Crippen LogP contribution in [0.4, 0.5) is 0 Å². The molecule has 0 heterocycles. The number of ether oxygens (including phenoxy) is 1. The summed E-state index contributed by atoms with van der Waals surface area (Å²) >= 11 is 3.49. The van der Waals surface area contributed by atoms with E-state index < -0.39 is 0 Å². The van der Waals surface area contributed by atoms with E-state index in [2.05, 4.69) is 52.3 Å². The van der Waals surface area contributed by atoms with Gasteiger partial charge in [0.25, 0.3) is 0 Å². The number of rotatable bonds is 4. The fraction of sp³-hybridized carbons (Fsp3) is 0.500. The summed E-state index contributed by atoms with van der Waals surface area (Å²) in [7, 11) is 1.74. The van der Waals surface area contributed by atoms with Crippen LogP contribution in [0.2, 0.25) is 0 Å². The monoisotopic (exact) mass is 308 g/mol. The van der Waals surface area contributed by atoms with Gasteiger partial charge in [0.1, 0.15) is 0 Å². The van der Waals surface area contributed by atoms with E-state index in [4.69, 9.17) is 4.74 Å². The second-order valence-corrected chi connectivity index (χ2v) is 5.96. The van der Waals surface area contributed by atoms with Crippen LogP contribution in [-0.4, -0.2) is 13.7 Å². The first kappa shape index (κ1) is 13.8. The second kappa shape index (κ2) is 7.10. The van der Waals surface area contributed by atoms with Crippen LogP contribution in [0.25, 0.3) is 0 Å². The molecule has 2 heteroatoms. The largest absolute Gasteiger partial charge is 0.381 e. The molecule has 1 aliphatic rings. The van der Waals surface area contributed by atoms with Crippen LogP contribution in [-0.2, 0) is 4.74 Å². The molecule has 0 atom stereocenters. The van der Waals surface area contributed by atoms with Gasteiger partial charge in [-0.3, -0.25) is 0 Å². The van der Waals surface area contributed by atoms with E-state index in [0.29, 0.717) is 0 Å². The van der Waals surface area contributed by atoms with Gasteiger partial charge in [-0.1, -0.05) is 40.2 Å². The first-order valence-electron chi connectivity index (χ1n) is 6.70. The lowest BCUT2D eigenvalue weighted by Crippen LogP contribution is -2.11. The van der Waals surface area contributed by atoms with E-state index in [1.165, 1.54) is 35.7 Å². The first-order chi connectivity index (χ1) is 8.79. The predicted octanol–water partition coefficient (Wildman–Crippen LogP) is 4.93. The van der Waals surface area contributed by atoms with Crippen LogP contribution in [0, 0.1) is 5.92 Å². The van der Waals surface area contributed by atoms with Gasteiger partial charge in [-0.25, -0.2) is 0 Å². The molecule has 0 amide bonds. The van der Waals surface area contributed by atoms with Crippen molar-refractivity contribution in [2.24, 2.45) is 5.92 Å². The molecular weight excluding hydrogens is 288 g/mol. The Kier molecular flexibility index (Phi) is 5.45. The second-order valence-electron chi connectivity index (χ2n) is 5.05. The quantitative estimate of drug-likeness (QED) is 0.717. The maximum Gasteiger partial charge on any atom is 0.0643 e. The SMILES string of the molecule is COC/C=C/[C@H]1CC[C@H](c2ccc(Br)cc2)CC1. The number of benzene rings is 1. The number of allylic oxidation sites excluding steroid dienone is 1. The third-order valence-corrected chi connectivity index (χ3v) is 4.31. The van der Waals surface area contributed by atoms with Crippen molar-refractivity contribution in [3.05, 3.63) is 46.5 Å². The van der Waals surface area contributed by atoms with Gasteiger partial charge >= 0.3 is 0 Å². The topological polar surface area (TPSA) is 9.23 Å². The molecule has 18 heavy (non-hydrogen) atoms. The van der Waals surface area contributed by atoms with Crippen LogP contribution in [0.5, 0.6) is 0 Å². The van der Waals surface area contributed by atoms with E-state index in [-0.39, 0.29) is 0 Å². The van der Waals surface area contributed by atoms with Gasteiger partial charge in [-0.05, 0) is 55.2 Å². The van der Waals surface area contributed by atoms with Gasteiger partial charge in [-0.15, -0.1) is 0 Å². The van der Waals surface area contributed by atoms with E-state index in [1.807, 2.05) is 0 Å². The number of hydrogen-bond acceptors (Lipinski definition) is 1. The highest BCUT2D eigenvalue weighted by Gasteiger charge is 2.20. The van der Waals surface area contributed by atoms with E-state index in [1.54, 1.807) is 7.11 Å². The van der Waals surface area contributed by atoms with Gasteiger partial charge < -0.3 is 4.74 Å². The number of halogens is 1. The Morgan fingerprint density at radius 2 is 1.83 bits per heavy atom. The van der Waals surface area contributed by atoms with Crippen molar-refractivity contribution < 1.29 is 4.74 Å². The van der Waals surface area contributed by atoms with Gasteiger partial charge in [-0.2, -0.15) is 0 Å². The Hall–Kier alpha value is -0.600. The van der Waals surface area contributed by atoms with Crippen LogP contribution < -0.4 is 0 Å². The summed E-state index contributed by atoms with van der Waals surface area (Å²) in [6.45, 7) is 0.743. The first-order valence-corrected chi connectivity index (χ1v) is 7.50. The number of hydrogen-bond donors (Lipinski definition) is 0. The Labute approximate surface area is 118 Å². The zero-order valence-corrected chi connectivity index (χ0v) is 12.5. The maximum absolute atomic E-state index is 5.04. The van der Waals surface area contributed by atoms with Crippen molar-refractivity contribution in [3.63, 3.8) is 0 Å². The smallest absolute Gasteiger partial charge is 0.0643 e. The molecule has 1 saturated carbocycles. The van der Waals surface area contributed by atoms with Crippen molar-refractivity contribution in [2.75, 3.05) is 13.7 Å². The Morgan fingerprint density at radius 3 is 2.44 bits per heavy atom. The molecule has 0 aliphatic heterocycles. The molecule has 0 radical (unpaired) electrons. The normalized spacial score (nSPS) is 24.6. The van der Waals surface area contributed by atoms with E-state index in [0.717, 1.165) is 18.4 Å². The lowest BCUT2D eigenvalue weighted by molar-refractivity contribution is 0.233. The molecular formula is C16H21BrO. The highest BCUT2D eigenvalue weighted by Crippen LogP contribution is 2.36. The summed E-state index contributed by atoms with van der Waals surface area (Å²) in [5.74, 6) is 1.51. The van der Waals surface area contributed by atoms with Crippen molar-refractivity contribution in [3.8, 4) is 0 Å². The molecule has 1 aromatic rings. The minimum Gasteiger partial charge on any atom is -0.381 e. The maximum atomic E-state index is 5.04. The highest BCUT2D eigenvalue weighted by atomic mass is 79.9. The third-order valence-electron chi connectivity index (χ3n) is 3.78. The molecule has 0 saturated heterocycles. The zero-order chi connectivity index (χ0) is 12.8. The molecule has 0 bridgehead atoms. The summed E-state index contributed by atoms with van der Waals surface area (Å²) in [5.41, 5.74) is 1.50. The fourth-order valence-electron chi connectivity index (χ4n) is 2.72. The molecule has 0 spiro atoms. The molecule has 1 nitrogen and oxygen atoms in total. The van der Waals surface area contributed by atoms with Gasteiger partial charge in [0.2, 0.25) is 0 Å². The van der Waals surface area contributed by atoms with Crippen LogP contribution >= 0.6 is 15.9 Å². The molecule has 0 N–H and O–H groups in total. The summed E-state index contributed by atoms with van der Waals surface area (Å²) in [4.78, 5) is 0. The molecule has 2 rings (SSSR count). The summed E-state index contributed by atoms with van der Waals surface area (Å²) in [5, 5.41) is 0. The zero-order valence-electron chi connectivity index (χ0n) is 10.9. The molecule has 1 aliphatic carbocycles. The molecule has 0 aromatic heterocycles. The fourth-order valence-corrected chi connectivity index (χ4v) is 2.99. The van der Waals surface area contributed by atoms with Crippen LogP contribution in [0.3, 0.4) is 0 Å². The van der Waals surface area contributed by atoms with Crippen molar-refractivity contribution >= 4 is 15.9 Å². The standard InChI is InChI=1S/C16H21BrO/c1-18-12-2-3-13-4-6-14(7-5-13)15-8-10-16(17)11-9-15/h2-3,8-11,13-14H,4-7,12H2,1H3/b3-2+/t13-,14-. The third kappa shape index (κ3) is 3.96. The predicted molar refractivity (Wildman–Crippen MR) is 79.9 cm³/mol. The van der Waals surface area contributed by atoms with E-state index >= 15 is 0 Å². The van der Waals surface area contributed by atoms with Crippen LogP contribution in [0.15, 0.2) is 40.9 Å². The average molecular weight is 309 g/mol. The molecule has 98 valence electrons. The van der Waals surface area contributed by atoms with Gasteiger partial charge in [0.15, 0.2) is 0 Å². The van der Waals surface area contributed by atoms with Crippen molar-refractivity contribution in [1.29, 1.82) is 0 Å². The summed E-state index contributed by atoms with van der Waals surface area (Å²) < 4.78 is 6.21. The van der Waals surface area contributed by atoms with Crippen LogP contribution in [0.1, 0.15) is 37.2 Å². The van der Waals surface area contributed by atoms with Crippen molar-refractivity contribution in [1.82, 2.24) is 0 Å². The highest BCUT2D eigenvalue weighted by molar-refractivity contribution is 9.10. The molecule has 1 fully saturated rings. The summed E-state index contributed by atoms with van der Waals surface area (Å²) in [6.07, 6.45) is 9.72. The Bertz CT molecular complexity index is 375. The summed E-state index contributed by atoms with van der Waals surface area (Å²) in [6, 6.07) is 8.82. The molecule has 0 unspecified atom stereocenters.